The number of ether oxygens (including phenoxy) is 1. The van der Waals surface area contributed by atoms with Crippen molar-refractivity contribution in [2.45, 2.75) is 17.8 Å². The summed E-state index contributed by atoms with van der Waals surface area (Å²) in [5.74, 6) is -0.359. The first-order valence-corrected chi connectivity index (χ1v) is 8.81. The van der Waals surface area contributed by atoms with E-state index in [2.05, 4.69) is 15.0 Å². The number of carbonyl (C=O) groups is 1. The minimum Gasteiger partial charge on any atom is -0.609 e. The average molecular weight is 387 g/mol. The van der Waals surface area contributed by atoms with Crippen LogP contribution < -0.4 is 15.6 Å². The van der Waals surface area contributed by atoms with E-state index in [1.54, 1.807) is 0 Å². The van der Waals surface area contributed by atoms with Gasteiger partial charge in [-0.25, -0.2) is 4.57 Å². The van der Waals surface area contributed by atoms with Gasteiger partial charge in [0.25, 0.3) is 5.56 Å². The van der Waals surface area contributed by atoms with Gasteiger partial charge in [-0.2, -0.15) is 18.2 Å². The molecule has 7 nitrogen and oxygen atoms in total. The Labute approximate surface area is 148 Å². The lowest BCUT2D eigenvalue weighted by Crippen LogP contribution is -2.28. The molecular weight excluding hydrogens is 375 g/mol. The van der Waals surface area contributed by atoms with E-state index in [1.807, 2.05) is 0 Å². The van der Waals surface area contributed by atoms with Gasteiger partial charge in [-0.05, 0) is 24.3 Å². The minimum atomic E-state index is -4.47. The Balaban J connectivity index is 2.00. The van der Waals surface area contributed by atoms with Crippen molar-refractivity contribution in [2.24, 2.45) is 0 Å². The van der Waals surface area contributed by atoms with Crippen LogP contribution in [0.15, 0.2) is 34.2 Å². The number of aromatic nitrogens is 2. The summed E-state index contributed by atoms with van der Waals surface area (Å²) in [7, 11) is 0. The number of amides is 1. The summed E-state index contributed by atoms with van der Waals surface area (Å²) >= 11 is -1.65. The van der Waals surface area contributed by atoms with Crippen LogP contribution in [0.25, 0.3) is 5.69 Å². The van der Waals surface area contributed by atoms with E-state index < -0.39 is 35.4 Å². The van der Waals surface area contributed by atoms with Gasteiger partial charge in [-0.15, -0.1) is 0 Å². The Bertz CT molecular complexity index is 910. The largest absolute Gasteiger partial charge is 0.609 e. The molecule has 2 heterocycles. The van der Waals surface area contributed by atoms with Crippen LogP contribution in [0, 0.1) is 0 Å². The zero-order chi connectivity index (χ0) is 19.1. The number of nitrogens with zero attached hydrogens (tertiary/aromatic N) is 2. The van der Waals surface area contributed by atoms with Crippen LogP contribution in [-0.4, -0.2) is 39.0 Å². The third-order valence-corrected chi connectivity index (χ3v) is 4.28. The molecule has 0 saturated heterocycles. The highest BCUT2D eigenvalue weighted by Gasteiger charge is 2.30. The summed E-state index contributed by atoms with van der Waals surface area (Å²) in [6.45, 7) is -1.44. The van der Waals surface area contributed by atoms with E-state index in [9.17, 15) is 27.3 Å². The second kappa shape index (κ2) is 6.65. The van der Waals surface area contributed by atoms with Crippen LogP contribution in [0.1, 0.15) is 5.56 Å². The lowest BCUT2D eigenvalue weighted by molar-refractivity contribution is -0.153. The van der Waals surface area contributed by atoms with E-state index in [4.69, 9.17) is 0 Å². The number of rotatable bonds is 4. The maximum absolute atomic E-state index is 12.7. The first-order valence-electron chi connectivity index (χ1n) is 7.25. The second-order valence-corrected chi connectivity index (χ2v) is 6.71. The summed E-state index contributed by atoms with van der Waals surface area (Å²) in [6.07, 6.45) is -3.29. The highest BCUT2D eigenvalue weighted by molar-refractivity contribution is 7.90. The summed E-state index contributed by atoms with van der Waals surface area (Å²) in [4.78, 5) is 28.3. The molecule has 3 rings (SSSR count). The molecule has 0 radical (unpaired) electrons. The van der Waals surface area contributed by atoms with Crippen molar-refractivity contribution >= 4 is 22.9 Å². The second-order valence-electron chi connectivity index (χ2n) is 5.44. The highest BCUT2D eigenvalue weighted by Crippen LogP contribution is 2.23. The Hall–Kier alpha value is -2.53. The fourth-order valence-corrected chi connectivity index (χ4v) is 3.08. The molecule has 26 heavy (non-hydrogen) atoms. The molecule has 0 fully saturated rings. The molecule has 1 aromatic carbocycles. The number of alkyl halides is 3. The molecule has 0 spiro atoms. The SMILES string of the molecule is C[S+]([O-])c1nc2c(c(=O)n1-c1ccc(OCC(F)(F)F)cc1)CC(=O)N2. The lowest BCUT2D eigenvalue weighted by atomic mass is 10.2. The fraction of sp³-hybridized carbons (Fsp3) is 0.267. The summed E-state index contributed by atoms with van der Waals surface area (Å²) in [6, 6.07) is 5.21. The van der Waals surface area contributed by atoms with Crippen LogP contribution in [-0.2, 0) is 22.4 Å². The van der Waals surface area contributed by atoms with Gasteiger partial charge in [-0.1, -0.05) is 0 Å². The molecular formula is C15H12F3N3O4S. The van der Waals surface area contributed by atoms with Crippen LogP contribution in [0.4, 0.5) is 19.0 Å². The van der Waals surface area contributed by atoms with Gasteiger partial charge in [0, 0.05) is 11.2 Å². The molecule has 1 aliphatic heterocycles. The molecule has 0 aliphatic carbocycles. The number of carbonyl (C=O) groups excluding carboxylic acids is 1. The van der Waals surface area contributed by atoms with E-state index >= 15 is 0 Å². The van der Waals surface area contributed by atoms with Gasteiger partial charge in [-0.3, -0.25) is 9.59 Å². The zero-order valence-corrected chi connectivity index (χ0v) is 14.1. The third-order valence-electron chi connectivity index (χ3n) is 3.50. The van der Waals surface area contributed by atoms with Crippen molar-refractivity contribution in [3.8, 4) is 11.4 Å². The predicted octanol–water partition coefficient (Wildman–Crippen LogP) is 1.41. The van der Waals surface area contributed by atoms with Gasteiger partial charge in [0.15, 0.2) is 6.61 Å². The molecule has 1 N–H and O–H groups in total. The normalized spacial score (nSPS) is 14.7. The number of anilines is 1. The maximum atomic E-state index is 12.7. The number of fused-ring (bicyclic) bond motifs is 1. The number of hydrogen-bond donors (Lipinski definition) is 1. The van der Waals surface area contributed by atoms with Crippen molar-refractivity contribution in [1.29, 1.82) is 0 Å². The summed E-state index contributed by atoms with van der Waals surface area (Å²) in [5, 5.41) is 2.34. The van der Waals surface area contributed by atoms with Crippen molar-refractivity contribution in [3.63, 3.8) is 0 Å². The summed E-state index contributed by atoms with van der Waals surface area (Å²) < 4.78 is 54.2. The molecule has 2 aromatic rings. The Morgan fingerprint density at radius 1 is 1.31 bits per heavy atom. The van der Waals surface area contributed by atoms with Gasteiger partial charge >= 0.3 is 11.3 Å². The van der Waals surface area contributed by atoms with Crippen LogP contribution in [0.3, 0.4) is 0 Å². The van der Waals surface area contributed by atoms with Gasteiger partial charge in [0.1, 0.15) is 17.8 Å². The van der Waals surface area contributed by atoms with Crippen LogP contribution >= 0.6 is 0 Å². The van der Waals surface area contributed by atoms with Crippen molar-refractivity contribution < 1.29 is 27.3 Å². The molecule has 0 bridgehead atoms. The number of hydrogen-bond acceptors (Lipinski definition) is 5. The molecule has 1 aliphatic rings. The molecule has 1 amide bonds. The Kier molecular flexibility index (Phi) is 4.67. The predicted molar refractivity (Wildman–Crippen MR) is 86.1 cm³/mol. The Morgan fingerprint density at radius 2 is 1.96 bits per heavy atom. The van der Waals surface area contributed by atoms with E-state index in [0.29, 0.717) is 0 Å². The molecule has 1 atom stereocenters. The van der Waals surface area contributed by atoms with E-state index in [0.717, 1.165) is 4.57 Å². The van der Waals surface area contributed by atoms with E-state index in [-0.39, 0.29) is 34.4 Å². The minimum absolute atomic E-state index is 0.0377. The van der Waals surface area contributed by atoms with Crippen molar-refractivity contribution in [1.82, 2.24) is 9.55 Å². The first kappa shape index (κ1) is 18.3. The fourth-order valence-electron chi connectivity index (χ4n) is 2.41. The number of halogens is 3. The van der Waals surface area contributed by atoms with Crippen LogP contribution in [0.2, 0.25) is 0 Å². The lowest BCUT2D eigenvalue weighted by Gasteiger charge is -2.14. The van der Waals surface area contributed by atoms with Crippen molar-refractivity contribution in [2.75, 3.05) is 18.2 Å². The van der Waals surface area contributed by atoms with E-state index in [1.165, 1.54) is 30.5 Å². The smallest absolute Gasteiger partial charge is 0.422 e. The molecule has 1 unspecified atom stereocenters. The molecule has 11 heteroatoms. The standard InChI is InChI=1S/C15H12F3N3O4S/c1-26(24)14-20-12-10(6-11(22)19-12)13(23)21(14)8-2-4-9(5-3-8)25-7-15(16,17)18/h2-5H,6-7H2,1H3,(H,19,22). The van der Waals surface area contributed by atoms with Gasteiger partial charge in [0.05, 0.1) is 17.7 Å². The van der Waals surface area contributed by atoms with Gasteiger partial charge < -0.3 is 14.6 Å². The average Bonchev–Trinajstić information content (AvgIpc) is 2.93. The van der Waals surface area contributed by atoms with Crippen LogP contribution in [0.5, 0.6) is 5.75 Å². The summed E-state index contributed by atoms with van der Waals surface area (Å²) in [5.41, 5.74) is -0.182. The number of nitrogens with one attached hydrogen (secondary N) is 1. The third kappa shape index (κ3) is 3.68. The Morgan fingerprint density at radius 3 is 2.54 bits per heavy atom. The topological polar surface area (TPSA) is 96.3 Å². The maximum Gasteiger partial charge on any atom is 0.422 e. The van der Waals surface area contributed by atoms with Gasteiger partial charge in [0.2, 0.25) is 5.91 Å². The zero-order valence-electron chi connectivity index (χ0n) is 13.3. The quantitative estimate of drug-likeness (QED) is 0.632. The molecule has 138 valence electrons. The monoisotopic (exact) mass is 387 g/mol. The first-order chi connectivity index (χ1) is 12.2. The molecule has 0 saturated carbocycles. The number of benzene rings is 1. The van der Waals surface area contributed by atoms with Crippen molar-refractivity contribution in [3.05, 3.63) is 40.2 Å². The highest BCUT2D eigenvalue weighted by atomic mass is 32.2. The molecule has 1 aromatic heterocycles.